The number of aryl methyl sites for hydroxylation is 2. The van der Waals surface area contributed by atoms with E-state index in [2.05, 4.69) is 27.3 Å². The molecule has 2 aromatic rings. The number of hydrogen-bond donors (Lipinski definition) is 1. The van der Waals surface area contributed by atoms with Crippen molar-refractivity contribution in [2.45, 2.75) is 20.4 Å². The Morgan fingerprint density at radius 1 is 1.11 bits per heavy atom. The first-order valence-corrected chi connectivity index (χ1v) is 6.60. The number of hydrogen-bond acceptors (Lipinski definition) is 1. The molecule has 0 fully saturated rings. The summed E-state index contributed by atoms with van der Waals surface area (Å²) in [5, 5.41) is 3.12. The third-order valence-corrected chi connectivity index (χ3v) is 3.70. The second-order valence-corrected chi connectivity index (χ2v) is 5.27. The number of halogens is 2. The summed E-state index contributed by atoms with van der Waals surface area (Å²) in [6.45, 7) is 4.61. The largest absolute Gasteiger partial charge is 0.379 e. The van der Waals surface area contributed by atoms with Crippen molar-refractivity contribution in [1.29, 1.82) is 0 Å². The number of benzene rings is 2. The van der Waals surface area contributed by atoms with Crippen LogP contribution in [0.3, 0.4) is 0 Å². The van der Waals surface area contributed by atoms with Crippen LogP contribution in [-0.2, 0) is 6.54 Å². The summed E-state index contributed by atoms with van der Waals surface area (Å²) in [5.41, 5.74) is 3.91. The molecular formula is C15H15BrFN. The van der Waals surface area contributed by atoms with Crippen molar-refractivity contribution < 1.29 is 4.39 Å². The number of anilines is 1. The summed E-state index contributed by atoms with van der Waals surface area (Å²) in [4.78, 5) is 0. The van der Waals surface area contributed by atoms with Gasteiger partial charge in [0, 0.05) is 11.0 Å². The highest BCUT2D eigenvalue weighted by Gasteiger charge is 2.02. The van der Waals surface area contributed by atoms with E-state index < -0.39 is 0 Å². The first kappa shape index (κ1) is 13.1. The zero-order valence-corrected chi connectivity index (χ0v) is 12.0. The van der Waals surface area contributed by atoms with Gasteiger partial charge in [0.15, 0.2) is 0 Å². The van der Waals surface area contributed by atoms with Crippen LogP contribution in [0, 0.1) is 19.7 Å². The van der Waals surface area contributed by atoms with E-state index in [1.165, 1.54) is 11.6 Å². The third kappa shape index (κ3) is 3.10. The minimum absolute atomic E-state index is 0.216. The standard InChI is InChI=1S/C15H15BrFN/c1-10-3-6-14(17)15(7-10)18-9-12-5-4-11(2)13(16)8-12/h3-8,18H,9H2,1-2H3. The van der Waals surface area contributed by atoms with Crippen LogP contribution in [0.5, 0.6) is 0 Å². The highest BCUT2D eigenvalue weighted by Crippen LogP contribution is 2.20. The van der Waals surface area contributed by atoms with E-state index in [9.17, 15) is 4.39 Å². The highest BCUT2D eigenvalue weighted by molar-refractivity contribution is 9.10. The van der Waals surface area contributed by atoms with Gasteiger partial charge in [-0.25, -0.2) is 4.39 Å². The first-order chi connectivity index (χ1) is 8.56. The minimum atomic E-state index is -0.216. The van der Waals surface area contributed by atoms with Crippen molar-refractivity contribution in [3.05, 3.63) is 63.4 Å². The summed E-state index contributed by atoms with van der Waals surface area (Å²) >= 11 is 3.50. The normalized spacial score (nSPS) is 10.4. The van der Waals surface area contributed by atoms with Crippen LogP contribution in [0.4, 0.5) is 10.1 Å². The quantitative estimate of drug-likeness (QED) is 0.857. The molecule has 2 rings (SSSR count). The zero-order valence-electron chi connectivity index (χ0n) is 10.4. The maximum absolute atomic E-state index is 13.5. The fourth-order valence-electron chi connectivity index (χ4n) is 1.72. The molecule has 2 aromatic carbocycles. The maximum Gasteiger partial charge on any atom is 0.146 e. The van der Waals surface area contributed by atoms with Gasteiger partial charge in [-0.3, -0.25) is 0 Å². The Labute approximate surface area is 115 Å². The summed E-state index contributed by atoms with van der Waals surface area (Å²) in [6.07, 6.45) is 0. The molecule has 0 saturated carbocycles. The molecule has 0 bridgehead atoms. The molecule has 1 nitrogen and oxygen atoms in total. The van der Waals surface area contributed by atoms with Gasteiger partial charge >= 0.3 is 0 Å². The molecule has 0 atom stereocenters. The molecule has 0 spiro atoms. The average Bonchev–Trinajstić information content (AvgIpc) is 2.34. The molecule has 0 aromatic heterocycles. The van der Waals surface area contributed by atoms with E-state index in [1.54, 1.807) is 6.07 Å². The monoisotopic (exact) mass is 307 g/mol. The highest BCUT2D eigenvalue weighted by atomic mass is 79.9. The van der Waals surface area contributed by atoms with E-state index in [-0.39, 0.29) is 5.82 Å². The van der Waals surface area contributed by atoms with Gasteiger partial charge in [0.1, 0.15) is 5.82 Å². The molecule has 1 N–H and O–H groups in total. The lowest BCUT2D eigenvalue weighted by molar-refractivity contribution is 0.629. The summed E-state index contributed by atoms with van der Waals surface area (Å²) in [5.74, 6) is -0.216. The predicted molar refractivity (Wildman–Crippen MR) is 77.3 cm³/mol. The van der Waals surface area contributed by atoms with Crippen molar-refractivity contribution in [2.24, 2.45) is 0 Å². The van der Waals surface area contributed by atoms with Gasteiger partial charge < -0.3 is 5.32 Å². The van der Waals surface area contributed by atoms with Gasteiger partial charge in [0.05, 0.1) is 5.69 Å². The molecule has 0 unspecified atom stereocenters. The van der Waals surface area contributed by atoms with Crippen molar-refractivity contribution in [3.8, 4) is 0 Å². The predicted octanol–water partition coefficient (Wildman–Crippen LogP) is 4.82. The Bertz CT molecular complexity index is 566. The molecule has 0 heterocycles. The van der Waals surface area contributed by atoms with Gasteiger partial charge in [-0.05, 0) is 48.7 Å². The van der Waals surface area contributed by atoms with Crippen LogP contribution >= 0.6 is 15.9 Å². The summed E-state index contributed by atoms with van der Waals surface area (Å²) < 4.78 is 14.6. The van der Waals surface area contributed by atoms with Gasteiger partial charge in [-0.1, -0.05) is 34.1 Å². The van der Waals surface area contributed by atoms with Crippen molar-refractivity contribution >= 4 is 21.6 Å². The van der Waals surface area contributed by atoms with Gasteiger partial charge in [-0.2, -0.15) is 0 Å². The molecule has 0 amide bonds. The molecule has 0 saturated heterocycles. The molecular weight excluding hydrogens is 293 g/mol. The number of nitrogens with one attached hydrogen (secondary N) is 1. The fraction of sp³-hybridized carbons (Fsp3) is 0.200. The van der Waals surface area contributed by atoms with Crippen molar-refractivity contribution in [1.82, 2.24) is 0 Å². The lowest BCUT2D eigenvalue weighted by Gasteiger charge is -2.09. The molecule has 0 aliphatic heterocycles. The Morgan fingerprint density at radius 3 is 2.61 bits per heavy atom. The van der Waals surface area contributed by atoms with Crippen molar-refractivity contribution in [2.75, 3.05) is 5.32 Å². The van der Waals surface area contributed by atoms with E-state index in [0.717, 1.165) is 15.6 Å². The number of rotatable bonds is 3. The molecule has 0 aliphatic rings. The van der Waals surface area contributed by atoms with Gasteiger partial charge in [-0.15, -0.1) is 0 Å². The van der Waals surface area contributed by atoms with E-state index in [0.29, 0.717) is 12.2 Å². The minimum Gasteiger partial charge on any atom is -0.379 e. The molecule has 3 heteroatoms. The topological polar surface area (TPSA) is 12.0 Å². The van der Waals surface area contributed by atoms with E-state index in [4.69, 9.17) is 0 Å². The van der Waals surface area contributed by atoms with E-state index >= 15 is 0 Å². The van der Waals surface area contributed by atoms with E-state index in [1.807, 2.05) is 32.0 Å². The maximum atomic E-state index is 13.5. The van der Waals surface area contributed by atoms with Crippen LogP contribution in [0.25, 0.3) is 0 Å². The average molecular weight is 308 g/mol. The SMILES string of the molecule is Cc1ccc(F)c(NCc2ccc(C)c(Br)c2)c1. The third-order valence-electron chi connectivity index (χ3n) is 2.84. The molecule has 18 heavy (non-hydrogen) atoms. The molecule has 0 radical (unpaired) electrons. The Kier molecular flexibility index (Phi) is 4.02. The second-order valence-electron chi connectivity index (χ2n) is 4.42. The van der Waals surface area contributed by atoms with Crippen LogP contribution in [0.1, 0.15) is 16.7 Å². The first-order valence-electron chi connectivity index (χ1n) is 5.81. The van der Waals surface area contributed by atoms with Gasteiger partial charge in [0.25, 0.3) is 0 Å². The summed E-state index contributed by atoms with van der Waals surface area (Å²) in [7, 11) is 0. The Hall–Kier alpha value is -1.35. The van der Waals surface area contributed by atoms with Crippen LogP contribution < -0.4 is 5.32 Å². The zero-order chi connectivity index (χ0) is 13.1. The second kappa shape index (κ2) is 5.53. The lowest BCUT2D eigenvalue weighted by atomic mass is 10.1. The fourth-order valence-corrected chi connectivity index (χ4v) is 2.14. The van der Waals surface area contributed by atoms with Gasteiger partial charge in [0.2, 0.25) is 0 Å². The smallest absolute Gasteiger partial charge is 0.146 e. The Balaban J connectivity index is 2.11. The Morgan fingerprint density at radius 2 is 1.89 bits per heavy atom. The van der Waals surface area contributed by atoms with Crippen molar-refractivity contribution in [3.63, 3.8) is 0 Å². The summed E-state index contributed by atoms with van der Waals surface area (Å²) in [6, 6.07) is 11.2. The van der Waals surface area contributed by atoms with Crippen LogP contribution in [0.15, 0.2) is 40.9 Å². The molecule has 94 valence electrons. The van der Waals surface area contributed by atoms with Crippen LogP contribution in [0.2, 0.25) is 0 Å². The van der Waals surface area contributed by atoms with Crippen LogP contribution in [-0.4, -0.2) is 0 Å². The lowest BCUT2D eigenvalue weighted by Crippen LogP contribution is -2.02. The molecule has 0 aliphatic carbocycles.